The van der Waals surface area contributed by atoms with Crippen molar-refractivity contribution in [3.05, 3.63) is 0 Å². The molecule has 14 heavy (non-hydrogen) atoms. The lowest BCUT2D eigenvalue weighted by Gasteiger charge is -2.05. The van der Waals surface area contributed by atoms with Gasteiger partial charge >= 0.3 is 0 Å². The quantitative estimate of drug-likeness (QED) is 0.579. The zero-order valence-corrected chi connectivity index (χ0v) is 9.57. The zero-order valence-electron chi connectivity index (χ0n) is 8.75. The predicted octanol–water partition coefficient (Wildman–Crippen LogP) is 0.315. The Morgan fingerprint density at radius 1 is 1.29 bits per heavy atom. The second kappa shape index (κ2) is 5.68. The van der Waals surface area contributed by atoms with Crippen molar-refractivity contribution >= 4 is 10.0 Å². The summed E-state index contributed by atoms with van der Waals surface area (Å²) in [7, 11) is -1.19. The van der Waals surface area contributed by atoms with E-state index >= 15 is 0 Å². The highest BCUT2D eigenvalue weighted by atomic mass is 32.2. The first-order valence-electron chi connectivity index (χ1n) is 5.26. The van der Waals surface area contributed by atoms with Crippen LogP contribution in [0.4, 0.5) is 0 Å². The molecule has 1 fully saturated rings. The van der Waals surface area contributed by atoms with E-state index in [1.807, 2.05) is 7.05 Å². The Bertz CT molecular complexity index is 248. The van der Waals surface area contributed by atoms with Gasteiger partial charge in [0.25, 0.3) is 0 Å². The average Bonchev–Trinajstić information content (AvgIpc) is 2.88. The molecule has 0 unspecified atom stereocenters. The zero-order chi connectivity index (χ0) is 10.4. The third-order valence-corrected chi connectivity index (χ3v) is 3.88. The van der Waals surface area contributed by atoms with E-state index in [1.165, 1.54) is 12.8 Å². The highest BCUT2D eigenvalue weighted by Crippen LogP contribution is 2.31. The number of hydrogen-bond donors (Lipinski definition) is 2. The predicted molar refractivity (Wildman–Crippen MR) is 57.7 cm³/mol. The Morgan fingerprint density at radius 3 is 2.57 bits per heavy atom. The van der Waals surface area contributed by atoms with Crippen LogP contribution in [0.2, 0.25) is 0 Å². The van der Waals surface area contributed by atoms with Gasteiger partial charge in [-0.3, -0.25) is 0 Å². The van der Waals surface area contributed by atoms with Gasteiger partial charge in [0, 0.05) is 6.54 Å². The smallest absolute Gasteiger partial charge is 0.211 e. The standard InChI is InChI=1S/C9H20N2O2S/c1-10-6-2-8-14(12,13)11-7-5-9-3-4-9/h9-11H,2-8H2,1H3. The van der Waals surface area contributed by atoms with Crippen LogP contribution in [0.3, 0.4) is 0 Å². The van der Waals surface area contributed by atoms with Gasteiger partial charge in [-0.25, -0.2) is 13.1 Å². The number of rotatable bonds is 8. The number of nitrogens with one attached hydrogen (secondary N) is 2. The van der Waals surface area contributed by atoms with Crippen molar-refractivity contribution in [3.8, 4) is 0 Å². The molecular formula is C9H20N2O2S. The van der Waals surface area contributed by atoms with Gasteiger partial charge in [0.1, 0.15) is 0 Å². The van der Waals surface area contributed by atoms with Gasteiger partial charge in [-0.1, -0.05) is 12.8 Å². The van der Waals surface area contributed by atoms with E-state index in [9.17, 15) is 8.42 Å². The van der Waals surface area contributed by atoms with Crippen LogP contribution in [-0.4, -0.2) is 34.3 Å². The maximum atomic E-state index is 11.4. The summed E-state index contributed by atoms with van der Waals surface area (Å²) in [5, 5.41) is 2.93. The fourth-order valence-electron chi connectivity index (χ4n) is 1.34. The van der Waals surface area contributed by atoms with Gasteiger partial charge in [0.2, 0.25) is 10.0 Å². The Balaban J connectivity index is 2.06. The summed E-state index contributed by atoms with van der Waals surface area (Å²) in [6.45, 7) is 1.37. The fourth-order valence-corrected chi connectivity index (χ4v) is 2.43. The van der Waals surface area contributed by atoms with Crippen LogP contribution in [0.25, 0.3) is 0 Å². The lowest BCUT2D eigenvalue weighted by Crippen LogP contribution is -2.28. The minimum absolute atomic E-state index is 0.235. The lowest BCUT2D eigenvalue weighted by atomic mass is 10.3. The average molecular weight is 220 g/mol. The SMILES string of the molecule is CNCCCS(=O)(=O)NCCC1CC1. The maximum absolute atomic E-state index is 11.4. The van der Waals surface area contributed by atoms with Crippen LogP contribution < -0.4 is 10.0 Å². The third-order valence-electron chi connectivity index (χ3n) is 2.41. The summed E-state index contributed by atoms with van der Waals surface area (Å²) < 4.78 is 25.4. The van der Waals surface area contributed by atoms with Crippen molar-refractivity contribution in [1.82, 2.24) is 10.0 Å². The van der Waals surface area contributed by atoms with Gasteiger partial charge in [0.05, 0.1) is 5.75 Å². The first-order valence-corrected chi connectivity index (χ1v) is 6.91. The first-order chi connectivity index (χ1) is 6.64. The second-order valence-electron chi connectivity index (χ2n) is 3.90. The second-order valence-corrected chi connectivity index (χ2v) is 5.83. The van der Waals surface area contributed by atoms with E-state index in [0.717, 1.165) is 18.9 Å². The highest BCUT2D eigenvalue weighted by Gasteiger charge is 2.21. The molecule has 84 valence electrons. The molecule has 1 aliphatic rings. The molecule has 1 rings (SSSR count). The van der Waals surface area contributed by atoms with Gasteiger partial charge in [0.15, 0.2) is 0 Å². The van der Waals surface area contributed by atoms with E-state index in [4.69, 9.17) is 0 Å². The Hall–Kier alpha value is -0.130. The maximum Gasteiger partial charge on any atom is 0.211 e. The highest BCUT2D eigenvalue weighted by molar-refractivity contribution is 7.89. The topological polar surface area (TPSA) is 58.2 Å². The van der Waals surface area contributed by atoms with E-state index in [1.54, 1.807) is 0 Å². The van der Waals surface area contributed by atoms with Crippen molar-refractivity contribution in [2.45, 2.75) is 25.7 Å². The summed E-state index contributed by atoms with van der Waals surface area (Å²) in [6, 6.07) is 0. The van der Waals surface area contributed by atoms with Gasteiger partial charge in [-0.15, -0.1) is 0 Å². The van der Waals surface area contributed by atoms with Crippen molar-refractivity contribution in [1.29, 1.82) is 0 Å². The Labute approximate surface area is 86.5 Å². The van der Waals surface area contributed by atoms with Crippen LogP contribution in [0.15, 0.2) is 0 Å². The molecule has 0 bridgehead atoms. The Morgan fingerprint density at radius 2 is 2.00 bits per heavy atom. The molecule has 4 nitrogen and oxygen atoms in total. The number of hydrogen-bond acceptors (Lipinski definition) is 3. The molecule has 0 aromatic carbocycles. The van der Waals surface area contributed by atoms with E-state index < -0.39 is 10.0 Å². The van der Waals surface area contributed by atoms with E-state index in [0.29, 0.717) is 13.0 Å². The Kier molecular flexibility index (Phi) is 4.84. The molecule has 0 heterocycles. The lowest BCUT2D eigenvalue weighted by molar-refractivity contribution is 0.571. The number of sulfonamides is 1. The van der Waals surface area contributed by atoms with Crippen LogP contribution in [0.5, 0.6) is 0 Å². The van der Waals surface area contributed by atoms with Crippen molar-refractivity contribution in [3.63, 3.8) is 0 Å². The van der Waals surface area contributed by atoms with Crippen molar-refractivity contribution < 1.29 is 8.42 Å². The summed E-state index contributed by atoms with van der Waals surface area (Å²) >= 11 is 0. The largest absolute Gasteiger partial charge is 0.320 e. The van der Waals surface area contributed by atoms with Gasteiger partial charge in [-0.05, 0) is 32.4 Å². The molecule has 0 aromatic heterocycles. The van der Waals surface area contributed by atoms with Crippen LogP contribution in [0, 0.1) is 5.92 Å². The molecular weight excluding hydrogens is 200 g/mol. The van der Waals surface area contributed by atoms with Gasteiger partial charge < -0.3 is 5.32 Å². The minimum Gasteiger partial charge on any atom is -0.320 e. The normalized spacial score (nSPS) is 17.2. The van der Waals surface area contributed by atoms with Crippen molar-refractivity contribution in [2.75, 3.05) is 25.9 Å². The summed E-state index contributed by atoms with van der Waals surface area (Å²) in [5.41, 5.74) is 0. The molecule has 0 amide bonds. The van der Waals surface area contributed by atoms with Crippen LogP contribution in [0.1, 0.15) is 25.7 Å². The monoisotopic (exact) mass is 220 g/mol. The molecule has 0 atom stereocenters. The third kappa shape index (κ3) is 5.57. The molecule has 0 aliphatic heterocycles. The summed E-state index contributed by atoms with van der Waals surface area (Å²) in [6.07, 6.45) is 4.24. The summed E-state index contributed by atoms with van der Waals surface area (Å²) in [5.74, 6) is 1.02. The van der Waals surface area contributed by atoms with E-state index in [-0.39, 0.29) is 5.75 Å². The fraction of sp³-hybridized carbons (Fsp3) is 1.00. The molecule has 5 heteroatoms. The van der Waals surface area contributed by atoms with Crippen molar-refractivity contribution in [2.24, 2.45) is 5.92 Å². The molecule has 0 radical (unpaired) electrons. The van der Waals surface area contributed by atoms with Gasteiger partial charge in [-0.2, -0.15) is 0 Å². The first kappa shape index (κ1) is 11.9. The minimum atomic E-state index is -3.01. The van der Waals surface area contributed by atoms with Crippen LogP contribution in [-0.2, 0) is 10.0 Å². The molecule has 0 spiro atoms. The summed E-state index contributed by atoms with van der Waals surface area (Å²) in [4.78, 5) is 0. The molecule has 2 N–H and O–H groups in total. The van der Waals surface area contributed by atoms with Crippen LogP contribution >= 0.6 is 0 Å². The molecule has 1 saturated carbocycles. The van der Waals surface area contributed by atoms with E-state index in [2.05, 4.69) is 10.0 Å². The molecule has 0 saturated heterocycles. The molecule has 1 aliphatic carbocycles. The molecule has 0 aromatic rings.